The van der Waals surface area contributed by atoms with Crippen LogP contribution in [0, 0.1) is 0 Å². The number of hydrogen-bond acceptors (Lipinski definition) is 6. The number of nitrogens with zero attached hydrogens (tertiary/aromatic N) is 1. The number of Topliss-reactive ketones (excluding diaryl/α,β-unsaturated/α-hetero) is 1. The van der Waals surface area contributed by atoms with Crippen molar-refractivity contribution in [2.24, 2.45) is 0 Å². The molecule has 3 aromatic rings. The van der Waals surface area contributed by atoms with Crippen molar-refractivity contribution in [3.05, 3.63) is 101 Å². The molecule has 0 saturated carbocycles. The van der Waals surface area contributed by atoms with E-state index in [2.05, 4.69) is 0 Å². The van der Waals surface area contributed by atoms with Crippen molar-refractivity contribution in [1.29, 1.82) is 0 Å². The van der Waals surface area contributed by atoms with Gasteiger partial charge in [0.25, 0.3) is 11.7 Å². The van der Waals surface area contributed by atoms with Gasteiger partial charge in [0.1, 0.15) is 11.5 Å². The van der Waals surface area contributed by atoms with Gasteiger partial charge in [-0.15, -0.1) is 0 Å². The number of aliphatic hydroxyl groups is 1. The summed E-state index contributed by atoms with van der Waals surface area (Å²) in [5.74, 6) is -1.92. The fraction of sp³-hybridized carbons (Fsp3) is 0.233. The number of rotatable bonds is 8. The van der Waals surface area contributed by atoms with Gasteiger partial charge in [0.15, 0.2) is 0 Å². The molecule has 0 aromatic heterocycles. The highest BCUT2D eigenvalue weighted by atomic mass is 16.5. The van der Waals surface area contributed by atoms with Gasteiger partial charge in [-0.05, 0) is 54.3 Å². The van der Waals surface area contributed by atoms with Gasteiger partial charge in [-0.3, -0.25) is 14.5 Å². The normalized spacial score (nSPS) is 16.6. The summed E-state index contributed by atoms with van der Waals surface area (Å²) in [6.07, 6.45) is 1.64. The molecular weight excluding hydrogens is 470 g/mol. The first-order chi connectivity index (χ1) is 17.9. The highest BCUT2D eigenvalue weighted by molar-refractivity contribution is 6.51. The molecule has 3 aromatic carbocycles. The predicted octanol–water partition coefficient (Wildman–Crippen LogP) is 5.45. The maximum Gasteiger partial charge on any atom is 0.337 e. The summed E-state index contributed by atoms with van der Waals surface area (Å²) in [7, 11) is 1.27. The summed E-state index contributed by atoms with van der Waals surface area (Å²) in [4.78, 5) is 40.3. The van der Waals surface area contributed by atoms with E-state index in [1.54, 1.807) is 42.5 Å². The smallest absolute Gasteiger partial charge is 0.337 e. The van der Waals surface area contributed by atoms with Crippen molar-refractivity contribution >= 4 is 29.1 Å². The summed E-state index contributed by atoms with van der Waals surface area (Å²) in [5.41, 5.74) is 2.65. The number of esters is 1. The first-order valence-corrected chi connectivity index (χ1v) is 12.2. The topological polar surface area (TPSA) is 93.1 Å². The van der Waals surface area contributed by atoms with Gasteiger partial charge < -0.3 is 14.6 Å². The molecule has 0 spiro atoms. The lowest BCUT2D eigenvalue weighted by atomic mass is 9.94. The van der Waals surface area contributed by atoms with E-state index in [4.69, 9.17) is 9.47 Å². The van der Waals surface area contributed by atoms with Crippen molar-refractivity contribution in [1.82, 2.24) is 0 Å². The Balaban J connectivity index is 1.89. The molecule has 1 N–H and O–H groups in total. The van der Waals surface area contributed by atoms with Crippen LogP contribution < -0.4 is 9.64 Å². The monoisotopic (exact) mass is 499 g/mol. The molecular formula is C30H29NO6. The molecule has 1 saturated heterocycles. The number of hydrogen-bond donors (Lipinski definition) is 1. The maximum atomic E-state index is 13.4. The average Bonchev–Trinajstić information content (AvgIpc) is 3.21. The molecule has 190 valence electrons. The third-order valence-corrected chi connectivity index (χ3v) is 6.27. The summed E-state index contributed by atoms with van der Waals surface area (Å²) in [5, 5.41) is 11.4. The van der Waals surface area contributed by atoms with Crippen molar-refractivity contribution in [3.8, 4) is 5.75 Å². The van der Waals surface area contributed by atoms with Gasteiger partial charge in [0.2, 0.25) is 0 Å². The van der Waals surface area contributed by atoms with Crippen LogP contribution in [0.1, 0.15) is 53.4 Å². The quantitative estimate of drug-likeness (QED) is 0.192. The lowest BCUT2D eigenvalue weighted by molar-refractivity contribution is -0.132. The molecule has 37 heavy (non-hydrogen) atoms. The number of aryl methyl sites for hydroxylation is 1. The predicted molar refractivity (Wildman–Crippen MR) is 141 cm³/mol. The van der Waals surface area contributed by atoms with Crippen LogP contribution in [0.3, 0.4) is 0 Å². The number of ether oxygens (including phenoxy) is 2. The molecule has 1 aliphatic rings. The van der Waals surface area contributed by atoms with Crippen LogP contribution >= 0.6 is 0 Å². The van der Waals surface area contributed by atoms with E-state index in [0.717, 1.165) is 18.4 Å². The molecule has 0 aliphatic carbocycles. The Kier molecular flexibility index (Phi) is 7.72. The van der Waals surface area contributed by atoms with Crippen LogP contribution in [0.4, 0.5) is 5.69 Å². The highest BCUT2D eigenvalue weighted by Gasteiger charge is 2.47. The second kappa shape index (κ2) is 11.1. The minimum atomic E-state index is -0.904. The minimum absolute atomic E-state index is 0.0367. The molecule has 1 aliphatic heterocycles. The Morgan fingerprint density at radius 2 is 1.65 bits per heavy atom. The number of carbonyl (C=O) groups excluding carboxylic acids is 3. The Bertz CT molecular complexity index is 1360. The van der Waals surface area contributed by atoms with Gasteiger partial charge >= 0.3 is 5.97 Å². The fourth-order valence-corrected chi connectivity index (χ4v) is 4.36. The van der Waals surface area contributed by atoms with E-state index in [1.165, 1.54) is 18.1 Å². The van der Waals surface area contributed by atoms with Crippen molar-refractivity contribution in [2.75, 3.05) is 18.6 Å². The zero-order valence-corrected chi connectivity index (χ0v) is 21.1. The molecule has 1 atom stereocenters. The number of aliphatic hydroxyl groups excluding tert-OH is 1. The van der Waals surface area contributed by atoms with Gasteiger partial charge in [0.05, 0.1) is 30.9 Å². The number of ketones is 1. The SMILES string of the molecule is CCCOc1cccc(/C(O)=C2\C(=O)C(=O)N(c3cccc(C(=O)OC)c3)C2c2ccc(CC)cc2)c1. The van der Waals surface area contributed by atoms with E-state index in [0.29, 0.717) is 29.2 Å². The average molecular weight is 500 g/mol. The van der Waals surface area contributed by atoms with Crippen molar-refractivity contribution in [3.63, 3.8) is 0 Å². The first kappa shape index (κ1) is 25.7. The largest absolute Gasteiger partial charge is 0.507 e. The molecule has 7 heteroatoms. The Morgan fingerprint density at radius 1 is 0.946 bits per heavy atom. The summed E-state index contributed by atoms with van der Waals surface area (Å²) in [6, 6.07) is 19.8. The third kappa shape index (κ3) is 5.11. The second-order valence-electron chi connectivity index (χ2n) is 8.68. The maximum absolute atomic E-state index is 13.4. The van der Waals surface area contributed by atoms with Crippen LogP contribution in [0.15, 0.2) is 78.4 Å². The molecule has 1 heterocycles. The van der Waals surface area contributed by atoms with E-state index >= 15 is 0 Å². The summed E-state index contributed by atoms with van der Waals surface area (Å²) >= 11 is 0. The lowest BCUT2D eigenvalue weighted by Gasteiger charge is -2.26. The molecule has 0 bridgehead atoms. The Labute approximate surface area is 215 Å². The van der Waals surface area contributed by atoms with E-state index in [9.17, 15) is 19.5 Å². The van der Waals surface area contributed by atoms with Gasteiger partial charge in [-0.1, -0.05) is 56.3 Å². The van der Waals surface area contributed by atoms with Gasteiger partial charge in [0, 0.05) is 11.3 Å². The zero-order chi connectivity index (χ0) is 26.5. The summed E-state index contributed by atoms with van der Waals surface area (Å²) in [6.45, 7) is 4.53. The molecule has 1 unspecified atom stereocenters. The molecule has 4 rings (SSSR count). The number of carbonyl (C=O) groups is 3. The molecule has 1 fully saturated rings. The van der Waals surface area contributed by atoms with Gasteiger partial charge in [-0.25, -0.2) is 4.79 Å². The summed E-state index contributed by atoms with van der Waals surface area (Å²) < 4.78 is 10.5. The van der Waals surface area contributed by atoms with E-state index < -0.39 is 23.7 Å². The highest BCUT2D eigenvalue weighted by Crippen LogP contribution is 2.42. The number of anilines is 1. The van der Waals surface area contributed by atoms with Gasteiger partial charge in [-0.2, -0.15) is 0 Å². The van der Waals surface area contributed by atoms with E-state index in [-0.39, 0.29) is 16.9 Å². The minimum Gasteiger partial charge on any atom is -0.507 e. The fourth-order valence-electron chi connectivity index (χ4n) is 4.36. The number of benzene rings is 3. The van der Waals surface area contributed by atoms with Crippen molar-refractivity contribution < 1.29 is 29.0 Å². The van der Waals surface area contributed by atoms with E-state index in [1.807, 2.05) is 38.1 Å². The number of amides is 1. The van der Waals surface area contributed by atoms with Crippen LogP contribution in [-0.2, 0) is 20.7 Å². The first-order valence-electron chi connectivity index (χ1n) is 12.2. The van der Waals surface area contributed by atoms with Crippen LogP contribution in [0.25, 0.3) is 5.76 Å². The molecule has 7 nitrogen and oxygen atoms in total. The van der Waals surface area contributed by atoms with Crippen LogP contribution in [-0.4, -0.2) is 36.5 Å². The Hall–Kier alpha value is -4.39. The zero-order valence-electron chi connectivity index (χ0n) is 21.1. The van der Waals surface area contributed by atoms with Crippen LogP contribution in [0.2, 0.25) is 0 Å². The molecule has 1 amide bonds. The Morgan fingerprint density at radius 3 is 2.32 bits per heavy atom. The lowest BCUT2D eigenvalue weighted by Crippen LogP contribution is -2.29. The second-order valence-corrected chi connectivity index (χ2v) is 8.68. The third-order valence-electron chi connectivity index (χ3n) is 6.27. The van der Waals surface area contributed by atoms with Crippen molar-refractivity contribution in [2.45, 2.75) is 32.7 Å². The van der Waals surface area contributed by atoms with Crippen LogP contribution in [0.5, 0.6) is 5.75 Å². The number of methoxy groups -OCH3 is 1. The standard InChI is InChI=1S/C30H29NO6/c1-4-16-37-24-11-7-8-21(18-24)27(32)25-26(20-14-12-19(5-2)13-15-20)31(29(34)28(25)33)23-10-6-9-22(17-23)30(35)36-3/h6-15,17-18,26,32H,4-5,16H2,1-3H3/b27-25+. The molecule has 0 radical (unpaired) electrons.